The van der Waals surface area contributed by atoms with Crippen LogP contribution in [-0.4, -0.2) is 18.5 Å². The Bertz CT molecular complexity index is 127. The second-order valence-electron chi connectivity index (χ2n) is 1.66. The molecule has 1 atom stereocenters. The second kappa shape index (κ2) is 3.76. The molecule has 9 heteroatoms. The Labute approximate surface area is 65.0 Å². The fourth-order valence-corrected chi connectivity index (χ4v) is 0.461. The molecule has 1 unspecified atom stereocenters. The van der Waals surface area contributed by atoms with Gasteiger partial charge in [0.1, 0.15) is 0 Å². The van der Waals surface area contributed by atoms with Crippen molar-refractivity contribution in [3.63, 3.8) is 0 Å². The topological polar surface area (TPSA) is 18.5 Å². The highest BCUT2D eigenvalue weighted by Gasteiger charge is 2.59. The van der Waals surface area contributed by atoms with Crippen molar-refractivity contribution in [3.05, 3.63) is 0 Å². The molecule has 0 saturated heterocycles. The molecule has 0 aromatic heterocycles. The summed E-state index contributed by atoms with van der Waals surface area (Å²) in [5.41, 5.74) is 0. The minimum Gasteiger partial charge on any atom is -0.221 e. The van der Waals surface area contributed by atoms with E-state index in [2.05, 4.69) is 9.56 Å². The van der Waals surface area contributed by atoms with Gasteiger partial charge in [0.2, 0.25) is 0 Å². The Morgan fingerprint density at radius 1 is 0.917 bits per heavy atom. The molecule has 0 spiro atoms. The Hall–Kier alpha value is -0.0700. The molecule has 0 rings (SSSR count). The molecule has 2 nitrogen and oxygen atoms in total. The normalized spacial score (nSPS) is 14.0. The Morgan fingerprint density at radius 2 is 1.25 bits per heavy atom. The van der Waals surface area contributed by atoms with E-state index < -0.39 is 18.5 Å². The van der Waals surface area contributed by atoms with Crippen LogP contribution < -0.4 is 0 Å². The predicted octanol–water partition coefficient (Wildman–Crippen LogP) is 2.22. The molecule has 0 radical (unpaired) electrons. The molecule has 0 amide bonds. The maximum atomic E-state index is 11.5. The zero-order chi connectivity index (χ0) is 9.99. The molecule has 0 fully saturated rings. The Balaban J connectivity index is 4.45. The van der Waals surface area contributed by atoms with Crippen molar-refractivity contribution in [3.8, 4) is 0 Å². The highest BCUT2D eigenvalue weighted by Crippen LogP contribution is 2.35. The molecule has 12 heavy (non-hydrogen) atoms. The third-order valence-corrected chi connectivity index (χ3v) is 0.857. The molecule has 0 heterocycles. The van der Waals surface area contributed by atoms with Gasteiger partial charge in [-0.2, -0.15) is 26.3 Å². The van der Waals surface area contributed by atoms with E-state index in [1.54, 1.807) is 0 Å². The van der Waals surface area contributed by atoms with Gasteiger partial charge in [-0.15, -0.1) is 0 Å². The van der Waals surface area contributed by atoms with E-state index in [9.17, 15) is 26.3 Å². The number of alkyl halides is 6. The van der Waals surface area contributed by atoms with Crippen LogP contribution in [0.2, 0.25) is 0 Å². The minimum absolute atomic E-state index is 1.12. The average molecular weight is 216 g/mol. The Morgan fingerprint density at radius 3 is 1.33 bits per heavy atom. The third-order valence-electron chi connectivity index (χ3n) is 0.746. The van der Waals surface area contributed by atoms with Gasteiger partial charge in [0.15, 0.2) is 0 Å². The van der Waals surface area contributed by atoms with E-state index >= 15 is 0 Å². The van der Waals surface area contributed by atoms with Crippen LogP contribution in [0, 0.1) is 0 Å². The molecular formula is C3H3F6O2P. The van der Waals surface area contributed by atoms with Crippen LogP contribution in [0.5, 0.6) is 0 Å². The summed E-state index contributed by atoms with van der Waals surface area (Å²) in [7, 11) is 1.12. The fraction of sp³-hybridized carbons (Fsp3) is 1.00. The first-order chi connectivity index (χ1) is 5.19. The van der Waals surface area contributed by atoms with Gasteiger partial charge < -0.3 is 0 Å². The molecule has 0 aromatic rings. The highest BCUT2D eigenvalue weighted by atomic mass is 31.0. The lowest BCUT2D eigenvalue weighted by atomic mass is 10.3. The van der Waals surface area contributed by atoms with Crippen LogP contribution in [0.25, 0.3) is 0 Å². The zero-order valence-corrected chi connectivity index (χ0v) is 6.39. The molecule has 74 valence electrons. The van der Waals surface area contributed by atoms with Gasteiger partial charge in [0, 0.05) is 9.47 Å². The molecule has 0 bridgehead atoms. The minimum atomic E-state index is -5.53. The lowest BCUT2D eigenvalue weighted by molar-refractivity contribution is -0.394. The van der Waals surface area contributed by atoms with E-state index in [1.165, 1.54) is 0 Å². The first kappa shape index (κ1) is 11.9. The standard InChI is InChI=1S/C3H3F6O2P/c4-2(5,6)1(10-11-12)3(7,8)9/h1H,12H2. The number of rotatable bonds is 2. The number of hydrogen-bond acceptors (Lipinski definition) is 2. The lowest BCUT2D eigenvalue weighted by Gasteiger charge is -2.20. The van der Waals surface area contributed by atoms with Gasteiger partial charge in [0.05, 0.1) is 0 Å². The first-order valence-electron chi connectivity index (χ1n) is 2.35. The van der Waals surface area contributed by atoms with Gasteiger partial charge in [-0.25, -0.2) is 9.56 Å². The molecule has 0 aliphatic heterocycles. The van der Waals surface area contributed by atoms with Crippen molar-refractivity contribution >= 4 is 9.47 Å². The van der Waals surface area contributed by atoms with Crippen molar-refractivity contribution in [2.45, 2.75) is 18.5 Å². The van der Waals surface area contributed by atoms with Gasteiger partial charge >= 0.3 is 12.4 Å². The number of halogens is 6. The molecule has 0 saturated carbocycles. The SMILES string of the molecule is FC(F)(F)C(OOP)C(F)(F)F. The van der Waals surface area contributed by atoms with Crippen molar-refractivity contribution in [1.82, 2.24) is 0 Å². The summed E-state index contributed by atoms with van der Waals surface area (Å²) >= 11 is 0. The maximum Gasteiger partial charge on any atom is 0.426 e. The van der Waals surface area contributed by atoms with Crippen molar-refractivity contribution in [2.24, 2.45) is 0 Å². The van der Waals surface area contributed by atoms with Crippen LogP contribution in [0.3, 0.4) is 0 Å². The van der Waals surface area contributed by atoms with Crippen LogP contribution in [0.15, 0.2) is 0 Å². The summed E-state index contributed by atoms with van der Waals surface area (Å²) in [6, 6.07) is 0. The van der Waals surface area contributed by atoms with Gasteiger partial charge in [0.25, 0.3) is 6.10 Å². The summed E-state index contributed by atoms with van der Waals surface area (Å²) in [5.74, 6) is 0. The molecule has 0 aliphatic carbocycles. The summed E-state index contributed by atoms with van der Waals surface area (Å²) in [6.45, 7) is 0. The smallest absolute Gasteiger partial charge is 0.221 e. The molecular weight excluding hydrogens is 213 g/mol. The average Bonchev–Trinajstić information content (AvgIpc) is 1.77. The summed E-state index contributed by atoms with van der Waals surface area (Å²) in [4.78, 5) is 2.98. The van der Waals surface area contributed by atoms with Gasteiger partial charge in [-0.1, -0.05) is 0 Å². The third kappa shape index (κ3) is 3.55. The van der Waals surface area contributed by atoms with Crippen molar-refractivity contribution < 1.29 is 35.9 Å². The van der Waals surface area contributed by atoms with Crippen LogP contribution in [0.1, 0.15) is 0 Å². The van der Waals surface area contributed by atoms with Crippen LogP contribution in [-0.2, 0) is 9.56 Å². The first-order valence-corrected chi connectivity index (χ1v) is 2.82. The van der Waals surface area contributed by atoms with Gasteiger partial charge in [-0.3, -0.25) is 0 Å². The van der Waals surface area contributed by atoms with Crippen LogP contribution in [0.4, 0.5) is 26.3 Å². The fourth-order valence-electron chi connectivity index (χ4n) is 0.350. The molecule has 0 aliphatic rings. The maximum absolute atomic E-state index is 11.5. The quantitative estimate of drug-likeness (QED) is 0.305. The summed E-state index contributed by atoms with van der Waals surface area (Å²) in [5, 5.41) is 0. The van der Waals surface area contributed by atoms with E-state index in [-0.39, 0.29) is 0 Å². The highest BCUT2D eigenvalue weighted by molar-refractivity contribution is 7.09. The van der Waals surface area contributed by atoms with E-state index in [0.717, 1.165) is 9.47 Å². The molecule has 0 N–H and O–H groups in total. The number of hydrogen-bond donors (Lipinski definition) is 0. The van der Waals surface area contributed by atoms with Crippen LogP contribution >= 0.6 is 9.47 Å². The lowest BCUT2D eigenvalue weighted by Crippen LogP contribution is -2.43. The van der Waals surface area contributed by atoms with Gasteiger partial charge in [-0.05, 0) is 0 Å². The van der Waals surface area contributed by atoms with E-state index in [0.29, 0.717) is 0 Å². The second-order valence-corrected chi connectivity index (χ2v) is 1.85. The molecule has 0 aromatic carbocycles. The largest absolute Gasteiger partial charge is 0.426 e. The van der Waals surface area contributed by atoms with Crippen molar-refractivity contribution in [1.29, 1.82) is 0 Å². The summed E-state index contributed by atoms with van der Waals surface area (Å²) < 4.78 is 72.0. The monoisotopic (exact) mass is 216 g/mol. The Kier molecular flexibility index (Phi) is 3.74. The zero-order valence-electron chi connectivity index (χ0n) is 5.24. The summed E-state index contributed by atoms with van der Waals surface area (Å²) in [6.07, 6.45) is -15.0. The van der Waals surface area contributed by atoms with Crippen molar-refractivity contribution in [2.75, 3.05) is 0 Å². The van der Waals surface area contributed by atoms with E-state index in [1.807, 2.05) is 0 Å². The van der Waals surface area contributed by atoms with E-state index in [4.69, 9.17) is 0 Å². The predicted molar refractivity (Wildman–Crippen MR) is 27.8 cm³/mol.